The van der Waals surface area contributed by atoms with Gasteiger partial charge in [-0.3, -0.25) is 4.79 Å². The zero-order chi connectivity index (χ0) is 23.5. The minimum Gasteiger partial charge on any atom is -0.378 e. The normalized spacial score (nSPS) is 11.4. The van der Waals surface area contributed by atoms with Crippen molar-refractivity contribution in [2.45, 2.75) is 10.6 Å². The molecule has 4 N–H and O–H groups in total. The quantitative estimate of drug-likeness (QED) is 0.177. The van der Waals surface area contributed by atoms with Crippen molar-refractivity contribution in [3.63, 3.8) is 0 Å². The summed E-state index contributed by atoms with van der Waals surface area (Å²) >= 11 is 7.42. The first-order valence-corrected chi connectivity index (χ1v) is 11.3. The van der Waals surface area contributed by atoms with Crippen LogP contribution >= 0.6 is 23.4 Å². The number of carbonyl (C=O) groups is 1. The highest BCUT2D eigenvalue weighted by atomic mass is 35.5. The molecule has 0 spiro atoms. The molecule has 0 unspecified atom stereocenters. The Balaban J connectivity index is 1.39. The van der Waals surface area contributed by atoms with Crippen LogP contribution in [-0.4, -0.2) is 42.4 Å². The second-order valence-electron chi connectivity index (χ2n) is 7.00. The monoisotopic (exact) mass is 493 g/mol. The maximum absolute atomic E-state index is 12.9. The number of thioether (sulfide) groups is 1. The number of hydrogen-bond acceptors (Lipinski definition) is 9. The number of para-hydroxylation sites is 1. The average Bonchev–Trinajstić information content (AvgIpc) is 3.57. The molecule has 11 nitrogen and oxygen atoms in total. The summed E-state index contributed by atoms with van der Waals surface area (Å²) < 4.78 is 6.01. The number of nitrogens with two attached hydrogens (primary N) is 1. The van der Waals surface area contributed by atoms with E-state index in [1.54, 1.807) is 18.3 Å². The summed E-state index contributed by atoms with van der Waals surface area (Å²) in [5.41, 5.74) is 10.7. The van der Waals surface area contributed by atoms with Crippen molar-refractivity contribution < 1.29 is 9.42 Å². The van der Waals surface area contributed by atoms with Gasteiger partial charge in [0.2, 0.25) is 11.6 Å². The summed E-state index contributed by atoms with van der Waals surface area (Å²) in [6.45, 7) is 0. The number of benzene rings is 2. The molecule has 0 bridgehead atoms. The highest BCUT2D eigenvalue weighted by Gasteiger charge is 2.24. The standard InChI is InChI=1S/C21H16ClN9O2S/c22-13-5-7-14(8-6-13)34-11-17-18(26-30-31(17)20-19(23)28-33-29-20)21(32)27-25-10-12-9-24-16-4-2-1-3-15(12)16/h1-10,24H,11H2,(H2,23,28)(H,27,32)/b25-10+. The number of aromatic amines is 1. The zero-order valence-corrected chi connectivity index (χ0v) is 18.9. The Hall–Kier alpha value is -4.16. The maximum Gasteiger partial charge on any atom is 0.293 e. The third kappa shape index (κ3) is 4.36. The molecule has 0 aliphatic carbocycles. The van der Waals surface area contributed by atoms with Gasteiger partial charge in [-0.15, -0.1) is 16.9 Å². The Morgan fingerprint density at radius 2 is 2.06 bits per heavy atom. The molecule has 0 radical (unpaired) electrons. The Morgan fingerprint density at radius 1 is 1.24 bits per heavy atom. The predicted octanol–water partition coefficient (Wildman–Crippen LogP) is 3.42. The van der Waals surface area contributed by atoms with Crippen LogP contribution in [0.5, 0.6) is 0 Å². The number of hydrogen-bond donors (Lipinski definition) is 3. The molecule has 5 rings (SSSR count). The van der Waals surface area contributed by atoms with E-state index in [4.69, 9.17) is 17.3 Å². The molecule has 170 valence electrons. The number of nitrogens with one attached hydrogen (secondary N) is 2. The summed E-state index contributed by atoms with van der Waals surface area (Å²) in [5.74, 6) is -0.0490. The van der Waals surface area contributed by atoms with Crippen LogP contribution in [0.4, 0.5) is 5.82 Å². The zero-order valence-electron chi connectivity index (χ0n) is 17.3. The van der Waals surface area contributed by atoms with Crippen LogP contribution in [0.25, 0.3) is 16.7 Å². The van der Waals surface area contributed by atoms with E-state index in [2.05, 4.69) is 40.8 Å². The molecule has 0 aliphatic heterocycles. The fourth-order valence-electron chi connectivity index (χ4n) is 3.21. The van der Waals surface area contributed by atoms with E-state index in [1.165, 1.54) is 16.4 Å². The Morgan fingerprint density at radius 3 is 2.85 bits per heavy atom. The number of hydrazone groups is 1. The van der Waals surface area contributed by atoms with Crippen LogP contribution in [0.15, 0.2) is 69.4 Å². The van der Waals surface area contributed by atoms with E-state index in [0.29, 0.717) is 16.5 Å². The van der Waals surface area contributed by atoms with E-state index < -0.39 is 5.91 Å². The number of anilines is 1. The number of H-pyrrole nitrogens is 1. The van der Waals surface area contributed by atoms with Crippen LogP contribution in [0.1, 0.15) is 21.7 Å². The van der Waals surface area contributed by atoms with E-state index in [9.17, 15) is 4.79 Å². The van der Waals surface area contributed by atoms with Crippen molar-refractivity contribution in [2.75, 3.05) is 5.73 Å². The molecule has 5 aromatic rings. The fraction of sp³-hybridized carbons (Fsp3) is 0.0476. The lowest BCUT2D eigenvalue weighted by Gasteiger charge is -2.06. The smallest absolute Gasteiger partial charge is 0.293 e. The van der Waals surface area contributed by atoms with E-state index in [-0.39, 0.29) is 17.3 Å². The van der Waals surface area contributed by atoms with Gasteiger partial charge in [0.1, 0.15) is 0 Å². The van der Waals surface area contributed by atoms with Crippen molar-refractivity contribution in [3.8, 4) is 5.82 Å². The molecule has 0 atom stereocenters. The minimum atomic E-state index is -0.538. The summed E-state index contributed by atoms with van der Waals surface area (Å²) in [6, 6.07) is 15.1. The van der Waals surface area contributed by atoms with Gasteiger partial charge in [0, 0.05) is 38.3 Å². The summed E-state index contributed by atoms with van der Waals surface area (Å²) in [4.78, 5) is 17.0. The van der Waals surface area contributed by atoms with E-state index in [1.807, 2.05) is 42.6 Å². The van der Waals surface area contributed by atoms with Gasteiger partial charge in [0.15, 0.2) is 5.69 Å². The number of aromatic nitrogens is 6. The SMILES string of the molecule is Nc1nonc1-n1nnc(C(=O)N/N=C/c2c[nH]c3ccccc23)c1CSc1ccc(Cl)cc1. The Kier molecular flexibility index (Phi) is 5.97. The third-order valence-corrected chi connectivity index (χ3v) is 6.13. The summed E-state index contributed by atoms with van der Waals surface area (Å²) in [6.07, 6.45) is 3.37. The lowest BCUT2D eigenvalue weighted by atomic mass is 10.2. The second-order valence-corrected chi connectivity index (χ2v) is 8.49. The molecule has 0 aliphatic rings. The molecule has 0 saturated carbocycles. The van der Waals surface area contributed by atoms with Crippen molar-refractivity contribution in [2.24, 2.45) is 5.10 Å². The first-order chi connectivity index (χ1) is 16.6. The third-order valence-electron chi connectivity index (χ3n) is 4.85. The van der Waals surface area contributed by atoms with Crippen LogP contribution < -0.4 is 11.2 Å². The number of amides is 1. The lowest BCUT2D eigenvalue weighted by molar-refractivity contribution is 0.0949. The maximum atomic E-state index is 12.9. The topological polar surface area (TPSA) is 153 Å². The van der Waals surface area contributed by atoms with Crippen LogP contribution in [0.3, 0.4) is 0 Å². The Bertz CT molecular complexity index is 1490. The van der Waals surface area contributed by atoms with Gasteiger partial charge in [-0.1, -0.05) is 35.0 Å². The van der Waals surface area contributed by atoms with Crippen LogP contribution in [0.2, 0.25) is 5.02 Å². The van der Waals surface area contributed by atoms with Gasteiger partial charge in [-0.05, 0) is 40.6 Å². The first kappa shape index (κ1) is 21.7. The highest BCUT2D eigenvalue weighted by molar-refractivity contribution is 7.98. The van der Waals surface area contributed by atoms with Crippen LogP contribution in [0, 0.1) is 0 Å². The molecule has 1 amide bonds. The van der Waals surface area contributed by atoms with E-state index >= 15 is 0 Å². The molecule has 13 heteroatoms. The molecule has 0 saturated heterocycles. The number of carbonyl (C=O) groups excluding carboxylic acids is 1. The molecule has 3 aromatic heterocycles. The lowest BCUT2D eigenvalue weighted by Crippen LogP contribution is -2.20. The molecular weight excluding hydrogens is 478 g/mol. The number of halogens is 1. The average molecular weight is 494 g/mol. The van der Waals surface area contributed by atoms with Crippen molar-refractivity contribution in [3.05, 3.63) is 76.7 Å². The first-order valence-electron chi connectivity index (χ1n) is 9.91. The van der Waals surface area contributed by atoms with Gasteiger partial charge in [0.25, 0.3) is 5.91 Å². The largest absolute Gasteiger partial charge is 0.378 e. The molecule has 0 fully saturated rings. The van der Waals surface area contributed by atoms with E-state index in [0.717, 1.165) is 21.4 Å². The number of nitrogens with zero attached hydrogens (tertiary/aromatic N) is 6. The molecule has 2 aromatic carbocycles. The number of fused-ring (bicyclic) bond motifs is 1. The number of nitrogen functional groups attached to an aromatic ring is 1. The van der Waals surface area contributed by atoms with Gasteiger partial charge >= 0.3 is 0 Å². The second kappa shape index (κ2) is 9.37. The van der Waals surface area contributed by atoms with Gasteiger partial charge < -0.3 is 10.7 Å². The van der Waals surface area contributed by atoms with Gasteiger partial charge in [-0.2, -0.15) is 9.78 Å². The van der Waals surface area contributed by atoms with Gasteiger partial charge in [0.05, 0.1) is 11.9 Å². The van der Waals surface area contributed by atoms with Gasteiger partial charge in [-0.25, -0.2) is 10.1 Å². The fourth-order valence-corrected chi connectivity index (χ4v) is 4.23. The molecule has 34 heavy (non-hydrogen) atoms. The van der Waals surface area contributed by atoms with Crippen LogP contribution in [-0.2, 0) is 5.75 Å². The van der Waals surface area contributed by atoms with Crippen molar-refractivity contribution in [1.29, 1.82) is 0 Å². The summed E-state index contributed by atoms with van der Waals surface area (Å²) in [7, 11) is 0. The predicted molar refractivity (Wildman–Crippen MR) is 128 cm³/mol. The van der Waals surface area contributed by atoms with Crippen molar-refractivity contribution in [1.82, 2.24) is 35.7 Å². The molecular formula is C21H16ClN9O2S. The highest BCUT2D eigenvalue weighted by Crippen LogP contribution is 2.27. The minimum absolute atomic E-state index is 0.0203. The Labute approximate surface area is 201 Å². The number of rotatable bonds is 7. The molecule has 3 heterocycles. The summed E-state index contributed by atoms with van der Waals surface area (Å²) in [5, 5.41) is 21.1. The van der Waals surface area contributed by atoms with Crippen molar-refractivity contribution >= 4 is 52.2 Å².